The molecule has 2 heterocycles. The van der Waals surface area contributed by atoms with Gasteiger partial charge in [-0.15, -0.1) is 0 Å². The van der Waals surface area contributed by atoms with Gasteiger partial charge in [0.05, 0.1) is 11.8 Å². The molecule has 3 aromatic carbocycles. The molecule has 200 valence electrons. The largest absolute Gasteiger partial charge is 0.376 e. The molecule has 0 saturated carbocycles. The Kier molecular flexibility index (Phi) is 8.31. The first-order chi connectivity index (χ1) is 18.9. The van der Waals surface area contributed by atoms with Crippen LogP contribution in [0.1, 0.15) is 28.8 Å². The maximum atomic E-state index is 13.4. The van der Waals surface area contributed by atoms with Crippen molar-refractivity contribution in [2.45, 2.75) is 25.9 Å². The number of anilines is 1. The van der Waals surface area contributed by atoms with Crippen LogP contribution in [0.3, 0.4) is 0 Å². The number of hydrogen-bond acceptors (Lipinski definition) is 4. The van der Waals surface area contributed by atoms with E-state index in [0.29, 0.717) is 40.4 Å². The quantitative estimate of drug-likeness (QED) is 0.269. The van der Waals surface area contributed by atoms with Gasteiger partial charge in [0.25, 0.3) is 5.91 Å². The number of halogens is 2. The number of carbonyl (C=O) groups is 2. The van der Waals surface area contributed by atoms with Gasteiger partial charge in [0.1, 0.15) is 6.54 Å². The Balaban J connectivity index is 1.41. The molecule has 4 aromatic rings. The standard InChI is InChI=1S/C30H28Cl2N4O3/c1-20-4-14-25(15-5-20)36-18-27(21-6-10-23(31)11-7-21)33-30(36)34-28(37)19-35(17-26-3-2-16-39-26)29(38)22-8-12-24(32)13-9-22/h4-15,18,26H,2-3,16-17,19H2,1H3,(H,33,34,37). The zero-order chi connectivity index (χ0) is 27.4. The first-order valence-corrected chi connectivity index (χ1v) is 13.5. The Morgan fingerprint density at radius 1 is 1.00 bits per heavy atom. The predicted octanol–water partition coefficient (Wildman–Crippen LogP) is 6.41. The monoisotopic (exact) mass is 562 g/mol. The summed E-state index contributed by atoms with van der Waals surface area (Å²) in [5.74, 6) is -0.275. The minimum absolute atomic E-state index is 0.111. The van der Waals surface area contributed by atoms with E-state index in [1.54, 1.807) is 36.4 Å². The lowest BCUT2D eigenvalue weighted by Crippen LogP contribution is -2.42. The topological polar surface area (TPSA) is 76.5 Å². The fourth-order valence-corrected chi connectivity index (χ4v) is 4.75. The van der Waals surface area contributed by atoms with Crippen LogP contribution < -0.4 is 5.32 Å². The first kappa shape index (κ1) is 26.9. The van der Waals surface area contributed by atoms with Crippen LogP contribution in [0, 0.1) is 6.92 Å². The van der Waals surface area contributed by atoms with E-state index in [9.17, 15) is 9.59 Å². The van der Waals surface area contributed by atoms with Gasteiger partial charge in [-0.1, -0.05) is 53.0 Å². The van der Waals surface area contributed by atoms with E-state index in [4.69, 9.17) is 32.9 Å². The third kappa shape index (κ3) is 6.68. The second-order valence-electron chi connectivity index (χ2n) is 9.54. The summed E-state index contributed by atoms with van der Waals surface area (Å²) in [7, 11) is 0. The van der Waals surface area contributed by atoms with Crippen molar-refractivity contribution in [3.8, 4) is 16.9 Å². The minimum atomic E-state index is -0.364. The third-order valence-corrected chi connectivity index (χ3v) is 7.07. The van der Waals surface area contributed by atoms with Gasteiger partial charge in [-0.2, -0.15) is 0 Å². The van der Waals surface area contributed by atoms with Crippen molar-refractivity contribution in [1.82, 2.24) is 14.5 Å². The van der Waals surface area contributed by atoms with Gasteiger partial charge >= 0.3 is 0 Å². The molecular weight excluding hydrogens is 535 g/mol. The molecule has 0 radical (unpaired) electrons. The molecule has 0 bridgehead atoms. The molecule has 39 heavy (non-hydrogen) atoms. The number of benzene rings is 3. The average Bonchev–Trinajstić information content (AvgIpc) is 3.59. The van der Waals surface area contributed by atoms with Crippen molar-refractivity contribution in [2.75, 3.05) is 25.0 Å². The summed E-state index contributed by atoms with van der Waals surface area (Å²) in [4.78, 5) is 33.0. The van der Waals surface area contributed by atoms with Crippen molar-refractivity contribution in [3.63, 3.8) is 0 Å². The van der Waals surface area contributed by atoms with Crippen LogP contribution in [0.5, 0.6) is 0 Å². The Morgan fingerprint density at radius 3 is 2.31 bits per heavy atom. The van der Waals surface area contributed by atoms with Crippen LogP contribution in [-0.4, -0.2) is 52.1 Å². The lowest BCUT2D eigenvalue weighted by Gasteiger charge is -2.25. The third-order valence-electron chi connectivity index (χ3n) is 6.57. The summed E-state index contributed by atoms with van der Waals surface area (Å²) >= 11 is 12.1. The summed E-state index contributed by atoms with van der Waals surface area (Å²) in [6, 6.07) is 21.9. The Bertz CT molecular complexity index is 1450. The molecule has 1 aliphatic rings. The SMILES string of the molecule is Cc1ccc(-n2cc(-c3ccc(Cl)cc3)nc2NC(=O)CN(CC2CCCO2)C(=O)c2ccc(Cl)cc2)cc1. The lowest BCUT2D eigenvalue weighted by atomic mass is 10.1. The van der Waals surface area contributed by atoms with Crippen LogP contribution in [0.25, 0.3) is 16.9 Å². The number of imidazole rings is 1. The fraction of sp³-hybridized carbons (Fsp3) is 0.233. The second-order valence-corrected chi connectivity index (χ2v) is 10.4. The highest BCUT2D eigenvalue weighted by Crippen LogP contribution is 2.26. The highest BCUT2D eigenvalue weighted by atomic mass is 35.5. The highest BCUT2D eigenvalue weighted by Gasteiger charge is 2.26. The van der Waals surface area contributed by atoms with Crippen LogP contribution in [0.2, 0.25) is 10.0 Å². The molecule has 7 nitrogen and oxygen atoms in total. The number of ether oxygens (including phenoxy) is 1. The number of nitrogens with zero attached hydrogens (tertiary/aromatic N) is 3. The maximum absolute atomic E-state index is 13.4. The van der Waals surface area contributed by atoms with E-state index in [-0.39, 0.29) is 24.5 Å². The summed E-state index contributed by atoms with van der Waals surface area (Å²) in [5, 5.41) is 4.09. The number of aromatic nitrogens is 2. The van der Waals surface area contributed by atoms with E-state index < -0.39 is 0 Å². The zero-order valence-electron chi connectivity index (χ0n) is 21.4. The molecule has 1 unspecified atom stereocenters. The number of amides is 2. The summed E-state index contributed by atoms with van der Waals surface area (Å²) in [5.41, 5.74) is 3.95. The van der Waals surface area contributed by atoms with E-state index in [1.165, 1.54) is 4.90 Å². The number of hydrogen-bond donors (Lipinski definition) is 1. The summed E-state index contributed by atoms with van der Waals surface area (Å²) in [6.45, 7) is 2.83. The van der Waals surface area contributed by atoms with Gasteiger partial charge in [-0.3, -0.25) is 19.5 Å². The van der Waals surface area contributed by atoms with Crippen LogP contribution in [0.15, 0.2) is 79.0 Å². The van der Waals surface area contributed by atoms with Crippen molar-refractivity contribution in [1.29, 1.82) is 0 Å². The molecule has 2 amide bonds. The maximum Gasteiger partial charge on any atom is 0.254 e. The van der Waals surface area contributed by atoms with Crippen LogP contribution in [-0.2, 0) is 9.53 Å². The van der Waals surface area contributed by atoms with Crippen molar-refractivity contribution in [3.05, 3.63) is 100 Å². The molecule has 9 heteroatoms. The summed E-state index contributed by atoms with van der Waals surface area (Å²) < 4.78 is 7.59. The molecule has 1 aromatic heterocycles. The molecule has 1 atom stereocenters. The van der Waals surface area contributed by atoms with Gasteiger partial charge in [-0.25, -0.2) is 4.98 Å². The molecule has 1 fully saturated rings. The Hall–Kier alpha value is -3.65. The van der Waals surface area contributed by atoms with Gasteiger partial charge in [-0.05, 0) is 68.3 Å². The molecule has 5 rings (SSSR count). The van der Waals surface area contributed by atoms with E-state index >= 15 is 0 Å². The first-order valence-electron chi connectivity index (χ1n) is 12.7. The highest BCUT2D eigenvalue weighted by molar-refractivity contribution is 6.31. The molecular formula is C30H28Cl2N4O3. The van der Waals surface area contributed by atoms with Crippen molar-refractivity contribution in [2.24, 2.45) is 0 Å². The van der Waals surface area contributed by atoms with Gasteiger partial charge in [0.15, 0.2) is 0 Å². The predicted molar refractivity (Wildman–Crippen MR) is 154 cm³/mol. The smallest absolute Gasteiger partial charge is 0.254 e. The number of rotatable bonds is 8. The lowest BCUT2D eigenvalue weighted by molar-refractivity contribution is -0.117. The molecule has 1 N–H and O–H groups in total. The summed E-state index contributed by atoms with van der Waals surface area (Å²) in [6.07, 6.45) is 3.53. The van der Waals surface area contributed by atoms with Gasteiger partial charge in [0, 0.05) is 46.2 Å². The normalized spacial score (nSPS) is 14.8. The molecule has 0 aliphatic carbocycles. The van der Waals surface area contributed by atoms with Gasteiger partial charge < -0.3 is 9.64 Å². The number of aryl methyl sites for hydroxylation is 1. The molecule has 0 spiro atoms. The van der Waals surface area contributed by atoms with E-state index in [0.717, 1.165) is 29.7 Å². The van der Waals surface area contributed by atoms with Crippen LogP contribution >= 0.6 is 23.2 Å². The Labute approximate surface area is 237 Å². The fourth-order valence-electron chi connectivity index (χ4n) is 4.50. The van der Waals surface area contributed by atoms with E-state index in [1.807, 2.05) is 54.1 Å². The number of carbonyl (C=O) groups excluding carboxylic acids is 2. The zero-order valence-corrected chi connectivity index (χ0v) is 23.0. The number of nitrogens with one attached hydrogen (secondary N) is 1. The average molecular weight is 563 g/mol. The second kappa shape index (κ2) is 12.0. The van der Waals surface area contributed by atoms with E-state index in [2.05, 4.69) is 5.32 Å². The van der Waals surface area contributed by atoms with Crippen molar-refractivity contribution < 1.29 is 14.3 Å². The van der Waals surface area contributed by atoms with Crippen LogP contribution in [0.4, 0.5) is 5.95 Å². The van der Waals surface area contributed by atoms with Gasteiger partial charge in [0.2, 0.25) is 11.9 Å². The minimum Gasteiger partial charge on any atom is -0.376 e. The Morgan fingerprint density at radius 2 is 1.67 bits per heavy atom. The van der Waals surface area contributed by atoms with Crippen molar-refractivity contribution >= 4 is 41.0 Å². The molecule has 1 saturated heterocycles. The molecule has 1 aliphatic heterocycles.